The molecule has 1 aromatic rings. The molecule has 1 atom stereocenters. The predicted molar refractivity (Wildman–Crippen MR) is 75.6 cm³/mol. The number of carbonyl (C=O) groups is 1. The Morgan fingerprint density at radius 1 is 1.37 bits per heavy atom. The second kappa shape index (κ2) is 5.10. The van der Waals surface area contributed by atoms with Crippen LogP contribution in [0.25, 0.3) is 0 Å². The van der Waals surface area contributed by atoms with Crippen molar-refractivity contribution in [2.75, 3.05) is 6.26 Å². The van der Waals surface area contributed by atoms with Crippen molar-refractivity contribution in [1.29, 1.82) is 0 Å². The van der Waals surface area contributed by atoms with Crippen molar-refractivity contribution in [2.45, 2.75) is 30.6 Å². The second-order valence-electron chi connectivity index (χ2n) is 4.86. The first kappa shape index (κ1) is 14.3. The normalized spacial score (nSPS) is 18.8. The summed E-state index contributed by atoms with van der Waals surface area (Å²) in [7, 11) is -3.39. The van der Waals surface area contributed by atoms with Gasteiger partial charge in [0.25, 0.3) is 5.24 Å². The first-order valence-corrected chi connectivity index (χ1v) is 8.28. The van der Waals surface area contributed by atoms with E-state index >= 15 is 0 Å². The third-order valence-electron chi connectivity index (χ3n) is 3.38. The van der Waals surface area contributed by atoms with E-state index in [2.05, 4.69) is 0 Å². The van der Waals surface area contributed by atoms with Crippen LogP contribution in [0.3, 0.4) is 0 Å². The van der Waals surface area contributed by atoms with Crippen molar-refractivity contribution in [3.8, 4) is 0 Å². The highest BCUT2D eigenvalue weighted by molar-refractivity contribution is 7.90. The van der Waals surface area contributed by atoms with Gasteiger partial charge in [-0.25, -0.2) is 8.42 Å². The molecule has 102 valence electrons. The zero-order valence-corrected chi connectivity index (χ0v) is 12.4. The third kappa shape index (κ3) is 2.90. The predicted octanol–water partition coefficient (Wildman–Crippen LogP) is 3.21. The van der Waals surface area contributed by atoms with Crippen molar-refractivity contribution < 1.29 is 13.2 Å². The average molecular weight is 299 g/mol. The molecule has 5 heteroatoms. The Balaban J connectivity index is 2.68. The maximum atomic E-state index is 11.9. The Bertz CT molecular complexity index is 660. The van der Waals surface area contributed by atoms with Crippen molar-refractivity contribution >= 4 is 26.7 Å². The fraction of sp³-hybridized carbons (Fsp3) is 0.357. The molecule has 0 aliphatic heterocycles. The van der Waals surface area contributed by atoms with E-state index < -0.39 is 15.1 Å². The minimum atomic E-state index is -3.39. The molecule has 2 rings (SSSR count). The zero-order chi connectivity index (χ0) is 14.2. The molecule has 1 unspecified atom stereocenters. The maximum absolute atomic E-state index is 11.9. The zero-order valence-electron chi connectivity index (χ0n) is 10.8. The van der Waals surface area contributed by atoms with E-state index in [1.54, 1.807) is 13.0 Å². The van der Waals surface area contributed by atoms with Crippen molar-refractivity contribution in [2.24, 2.45) is 0 Å². The molecule has 1 aliphatic carbocycles. The SMILES string of the molecule is Cc1cc(C2C=CCC2)c(S(C)(=O)=O)cc1C(=O)Cl. The topological polar surface area (TPSA) is 51.2 Å². The van der Waals surface area contributed by atoms with Gasteiger partial charge in [0.05, 0.1) is 4.90 Å². The number of allylic oxidation sites excluding steroid dienone is 2. The number of hydrogen-bond acceptors (Lipinski definition) is 3. The lowest BCUT2D eigenvalue weighted by Gasteiger charge is -2.16. The van der Waals surface area contributed by atoms with Crippen LogP contribution in [0.4, 0.5) is 0 Å². The maximum Gasteiger partial charge on any atom is 0.252 e. The first-order valence-electron chi connectivity index (χ1n) is 6.02. The number of carbonyl (C=O) groups excluding carboxylic acids is 1. The van der Waals surface area contributed by atoms with Gasteiger partial charge in [-0.2, -0.15) is 0 Å². The second-order valence-corrected chi connectivity index (χ2v) is 7.19. The quantitative estimate of drug-likeness (QED) is 0.636. The Hall–Kier alpha value is -1.13. The van der Waals surface area contributed by atoms with Crippen LogP contribution in [0, 0.1) is 6.92 Å². The van der Waals surface area contributed by atoms with Gasteiger partial charge in [0.2, 0.25) is 0 Å². The molecule has 1 aromatic carbocycles. The van der Waals surface area contributed by atoms with Crippen LogP contribution in [-0.4, -0.2) is 19.9 Å². The van der Waals surface area contributed by atoms with Crippen LogP contribution in [0.15, 0.2) is 29.2 Å². The van der Waals surface area contributed by atoms with Crippen LogP contribution in [-0.2, 0) is 9.84 Å². The van der Waals surface area contributed by atoms with Crippen LogP contribution in [0.5, 0.6) is 0 Å². The molecule has 0 heterocycles. The van der Waals surface area contributed by atoms with Crippen LogP contribution < -0.4 is 0 Å². The third-order valence-corrected chi connectivity index (χ3v) is 4.74. The van der Waals surface area contributed by atoms with Gasteiger partial charge in [-0.05, 0) is 48.6 Å². The summed E-state index contributed by atoms with van der Waals surface area (Å²) in [6.45, 7) is 1.77. The molecule has 0 saturated heterocycles. The Morgan fingerprint density at radius 2 is 2.05 bits per heavy atom. The van der Waals surface area contributed by atoms with Gasteiger partial charge in [0.1, 0.15) is 0 Å². The highest BCUT2D eigenvalue weighted by Crippen LogP contribution is 2.34. The molecule has 0 spiro atoms. The molecule has 0 saturated carbocycles. The van der Waals surface area contributed by atoms with Gasteiger partial charge < -0.3 is 0 Å². The fourth-order valence-electron chi connectivity index (χ4n) is 2.42. The molecule has 0 radical (unpaired) electrons. The van der Waals surface area contributed by atoms with Gasteiger partial charge in [0, 0.05) is 17.7 Å². The Morgan fingerprint density at radius 3 is 2.53 bits per heavy atom. The Labute approximate surface area is 118 Å². The molecular weight excluding hydrogens is 284 g/mol. The van der Waals surface area contributed by atoms with Crippen molar-refractivity contribution in [1.82, 2.24) is 0 Å². The summed E-state index contributed by atoms with van der Waals surface area (Å²) in [5.74, 6) is 0.0999. The van der Waals surface area contributed by atoms with E-state index in [1.807, 2.05) is 12.2 Å². The molecule has 0 bridgehead atoms. The largest absolute Gasteiger partial charge is 0.276 e. The minimum Gasteiger partial charge on any atom is -0.276 e. The van der Waals surface area contributed by atoms with Gasteiger partial charge in [-0.15, -0.1) is 0 Å². The highest BCUT2D eigenvalue weighted by Gasteiger charge is 2.23. The van der Waals surface area contributed by atoms with E-state index in [0.29, 0.717) is 5.56 Å². The molecule has 0 fully saturated rings. The van der Waals surface area contributed by atoms with Gasteiger partial charge in [0.15, 0.2) is 9.84 Å². The van der Waals surface area contributed by atoms with Gasteiger partial charge in [-0.1, -0.05) is 18.2 Å². The van der Waals surface area contributed by atoms with Gasteiger partial charge >= 0.3 is 0 Å². The molecular formula is C14H15ClO3S. The number of rotatable bonds is 3. The highest BCUT2D eigenvalue weighted by atomic mass is 35.5. The number of aryl methyl sites for hydroxylation is 1. The molecule has 3 nitrogen and oxygen atoms in total. The van der Waals surface area contributed by atoms with E-state index in [9.17, 15) is 13.2 Å². The summed E-state index contributed by atoms with van der Waals surface area (Å²) in [6.07, 6.45) is 7.07. The molecule has 19 heavy (non-hydrogen) atoms. The summed E-state index contributed by atoms with van der Waals surface area (Å²) < 4.78 is 23.8. The summed E-state index contributed by atoms with van der Waals surface area (Å²) in [5.41, 5.74) is 1.73. The lowest BCUT2D eigenvalue weighted by atomic mass is 9.95. The smallest absolute Gasteiger partial charge is 0.252 e. The lowest BCUT2D eigenvalue weighted by Crippen LogP contribution is -2.08. The Kier molecular flexibility index (Phi) is 3.83. The average Bonchev–Trinajstić information content (AvgIpc) is 2.79. The molecule has 1 aliphatic rings. The van der Waals surface area contributed by atoms with Crippen LogP contribution >= 0.6 is 11.6 Å². The first-order chi connectivity index (χ1) is 8.80. The fourth-order valence-corrected chi connectivity index (χ4v) is 3.60. The minimum absolute atomic E-state index is 0.0999. The van der Waals surface area contributed by atoms with Crippen LogP contribution in [0.1, 0.15) is 40.2 Å². The summed E-state index contributed by atoms with van der Waals surface area (Å²) >= 11 is 5.49. The van der Waals surface area contributed by atoms with Gasteiger partial charge in [-0.3, -0.25) is 4.79 Å². The molecule has 0 N–H and O–H groups in total. The van der Waals surface area contributed by atoms with E-state index in [0.717, 1.165) is 24.7 Å². The summed E-state index contributed by atoms with van der Waals surface area (Å²) in [6, 6.07) is 3.17. The van der Waals surface area contributed by atoms with E-state index in [-0.39, 0.29) is 16.4 Å². The number of hydrogen-bond donors (Lipinski definition) is 0. The monoisotopic (exact) mass is 298 g/mol. The molecule has 0 aromatic heterocycles. The van der Waals surface area contributed by atoms with E-state index in [1.165, 1.54) is 6.07 Å². The van der Waals surface area contributed by atoms with Crippen molar-refractivity contribution in [3.63, 3.8) is 0 Å². The van der Waals surface area contributed by atoms with E-state index in [4.69, 9.17) is 11.6 Å². The number of benzene rings is 1. The standard InChI is InChI=1S/C14H15ClO3S/c1-9-7-12(10-5-3-4-6-10)13(19(2,17)18)8-11(9)14(15)16/h3,5,7-8,10H,4,6H2,1-2H3. The number of halogens is 1. The molecule has 0 amide bonds. The number of sulfone groups is 1. The van der Waals surface area contributed by atoms with Crippen LogP contribution in [0.2, 0.25) is 0 Å². The lowest BCUT2D eigenvalue weighted by molar-refractivity contribution is 0.108. The van der Waals surface area contributed by atoms with Crippen molar-refractivity contribution in [3.05, 3.63) is 41.0 Å². The summed E-state index contributed by atoms with van der Waals surface area (Å²) in [5, 5.41) is -0.629. The summed E-state index contributed by atoms with van der Waals surface area (Å²) in [4.78, 5) is 11.5.